The molecule has 33 heavy (non-hydrogen) atoms. The third-order valence-electron chi connectivity index (χ3n) is 6.50. The van der Waals surface area contributed by atoms with Crippen LogP contribution in [-0.2, 0) is 4.79 Å². The number of rotatable bonds is 5. The lowest BCUT2D eigenvalue weighted by Gasteiger charge is -2.26. The zero-order valence-electron chi connectivity index (χ0n) is 19.4. The van der Waals surface area contributed by atoms with E-state index in [0.29, 0.717) is 19.8 Å². The zero-order valence-corrected chi connectivity index (χ0v) is 19.4. The summed E-state index contributed by atoms with van der Waals surface area (Å²) < 4.78 is 13.3. The van der Waals surface area contributed by atoms with Crippen LogP contribution in [0.2, 0.25) is 0 Å². The zero-order chi connectivity index (χ0) is 22.9. The summed E-state index contributed by atoms with van der Waals surface area (Å²) in [6.45, 7) is 8.38. The number of nitrogens with one attached hydrogen (secondary N) is 1. The van der Waals surface area contributed by atoms with Gasteiger partial charge in [-0.25, -0.2) is 4.68 Å². The summed E-state index contributed by atoms with van der Waals surface area (Å²) in [6.07, 6.45) is 2.09. The number of amides is 1. The molecular formula is C26H30N4O3. The van der Waals surface area contributed by atoms with Gasteiger partial charge in [0.15, 0.2) is 11.5 Å². The molecule has 5 rings (SSSR count). The second-order valence-corrected chi connectivity index (χ2v) is 8.87. The first-order valence-electron chi connectivity index (χ1n) is 11.6. The van der Waals surface area contributed by atoms with E-state index in [1.54, 1.807) is 0 Å². The normalized spacial score (nSPS) is 17.8. The van der Waals surface area contributed by atoms with Crippen LogP contribution in [0.4, 0.5) is 5.69 Å². The van der Waals surface area contributed by atoms with Crippen LogP contribution in [0.25, 0.3) is 5.69 Å². The number of aromatic nitrogens is 2. The number of anilines is 1. The van der Waals surface area contributed by atoms with E-state index in [0.717, 1.165) is 53.6 Å². The summed E-state index contributed by atoms with van der Waals surface area (Å²) in [5.41, 5.74) is 5.88. The third kappa shape index (κ3) is 4.33. The van der Waals surface area contributed by atoms with Crippen LogP contribution >= 0.6 is 0 Å². The molecule has 3 heterocycles. The van der Waals surface area contributed by atoms with Gasteiger partial charge in [-0.1, -0.05) is 23.8 Å². The number of carbonyl (C=O) groups is 1. The van der Waals surface area contributed by atoms with Crippen molar-refractivity contribution in [3.63, 3.8) is 0 Å². The van der Waals surface area contributed by atoms with Crippen LogP contribution in [0.15, 0.2) is 42.5 Å². The van der Waals surface area contributed by atoms with Gasteiger partial charge >= 0.3 is 0 Å². The minimum atomic E-state index is -0.0194. The van der Waals surface area contributed by atoms with E-state index in [1.807, 2.05) is 36.7 Å². The molecule has 7 nitrogen and oxygen atoms in total. The van der Waals surface area contributed by atoms with Gasteiger partial charge in [-0.15, -0.1) is 0 Å². The Hall–Kier alpha value is -3.32. The van der Waals surface area contributed by atoms with Crippen LogP contribution in [0.3, 0.4) is 0 Å². The maximum Gasteiger partial charge on any atom is 0.238 e. The molecule has 2 aromatic carbocycles. The number of hydrogen-bond acceptors (Lipinski definition) is 5. The average Bonchev–Trinajstić information content (AvgIpc) is 3.39. The van der Waals surface area contributed by atoms with Crippen LogP contribution < -0.4 is 14.8 Å². The molecule has 0 spiro atoms. The molecule has 0 saturated carbocycles. The SMILES string of the molecule is Cc1ccc(-n2nc(C)c(NC(=O)CN3CCC[C@H]3c3ccc4c(c3)OCCO4)c2C)cc1. The second kappa shape index (κ2) is 8.90. The Bertz CT molecular complexity index is 1170. The average molecular weight is 447 g/mol. The molecule has 0 unspecified atom stereocenters. The van der Waals surface area contributed by atoms with E-state index in [2.05, 4.69) is 46.5 Å². The number of hydrogen-bond donors (Lipinski definition) is 1. The Morgan fingerprint density at radius 1 is 1.06 bits per heavy atom. The van der Waals surface area contributed by atoms with E-state index < -0.39 is 0 Å². The molecule has 0 aliphatic carbocycles. The molecule has 2 aliphatic rings. The number of fused-ring (bicyclic) bond motifs is 1. The number of ether oxygens (including phenoxy) is 2. The Morgan fingerprint density at radius 3 is 2.61 bits per heavy atom. The summed E-state index contributed by atoms with van der Waals surface area (Å²) in [5.74, 6) is 1.57. The van der Waals surface area contributed by atoms with Gasteiger partial charge in [0, 0.05) is 6.04 Å². The molecular weight excluding hydrogens is 416 g/mol. The van der Waals surface area contributed by atoms with Crippen molar-refractivity contribution in [1.29, 1.82) is 0 Å². The number of carbonyl (C=O) groups excluding carboxylic acids is 1. The summed E-state index contributed by atoms with van der Waals surface area (Å²) in [6, 6.07) is 14.6. The molecule has 1 atom stereocenters. The van der Waals surface area contributed by atoms with Crippen molar-refractivity contribution in [2.75, 3.05) is 31.6 Å². The molecule has 1 saturated heterocycles. The molecule has 1 amide bonds. The van der Waals surface area contributed by atoms with E-state index in [1.165, 1.54) is 11.1 Å². The van der Waals surface area contributed by atoms with Gasteiger partial charge in [0.1, 0.15) is 13.2 Å². The summed E-state index contributed by atoms with van der Waals surface area (Å²) in [4.78, 5) is 15.3. The van der Waals surface area contributed by atoms with Crippen LogP contribution in [-0.4, -0.2) is 46.9 Å². The van der Waals surface area contributed by atoms with Crippen molar-refractivity contribution >= 4 is 11.6 Å². The fraction of sp³-hybridized carbons (Fsp3) is 0.385. The van der Waals surface area contributed by atoms with E-state index in [-0.39, 0.29) is 11.9 Å². The van der Waals surface area contributed by atoms with Crippen molar-refractivity contribution in [3.8, 4) is 17.2 Å². The fourth-order valence-electron chi connectivity index (χ4n) is 4.78. The minimum Gasteiger partial charge on any atom is -0.486 e. The lowest BCUT2D eigenvalue weighted by atomic mass is 10.0. The van der Waals surface area contributed by atoms with Crippen molar-refractivity contribution in [1.82, 2.24) is 14.7 Å². The Balaban J connectivity index is 1.29. The highest BCUT2D eigenvalue weighted by Crippen LogP contribution is 2.38. The van der Waals surface area contributed by atoms with Crippen molar-refractivity contribution in [3.05, 3.63) is 65.0 Å². The highest BCUT2D eigenvalue weighted by molar-refractivity contribution is 5.93. The van der Waals surface area contributed by atoms with Crippen molar-refractivity contribution in [2.45, 2.75) is 39.7 Å². The summed E-state index contributed by atoms with van der Waals surface area (Å²) >= 11 is 0. The molecule has 7 heteroatoms. The Morgan fingerprint density at radius 2 is 1.82 bits per heavy atom. The maximum atomic E-state index is 13.0. The van der Waals surface area contributed by atoms with Crippen molar-refractivity contribution < 1.29 is 14.3 Å². The van der Waals surface area contributed by atoms with Crippen LogP contribution in [0.5, 0.6) is 11.5 Å². The maximum absolute atomic E-state index is 13.0. The standard InChI is InChI=1S/C26H30N4O3/c1-17-6-9-21(10-7-17)30-19(3)26(18(2)28-30)27-25(31)16-29-12-4-5-22(29)20-8-11-23-24(15-20)33-14-13-32-23/h6-11,15,22H,4-5,12-14,16H2,1-3H3,(H,27,31)/t22-/m0/s1. The number of aryl methyl sites for hydroxylation is 2. The third-order valence-corrected chi connectivity index (χ3v) is 6.50. The monoisotopic (exact) mass is 446 g/mol. The molecule has 2 aliphatic heterocycles. The second-order valence-electron chi connectivity index (χ2n) is 8.87. The quantitative estimate of drug-likeness (QED) is 0.631. The van der Waals surface area contributed by atoms with Gasteiger partial charge in [-0.2, -0.15) is 5.10 Å². The predicted octanol–water partition coefficient (Wildman–Crippen LogP) is 4.34. The smallest absolute Gasteiger partial charge is 0.238 e. The molecule has 0 bridgehead atoms. The van der Waals surface area contributed by atoms with E-state index in [4.69, 9.17) is 9.47 Å². The topological polar surface area (TPSA) is 68.6 Å². The number of likely N-dealkylation sites (tertiary alicyclic amines) is 1. The first-order chi connectivity index (χ1) is 16.0. The minimum absolute atomic E-state index is 0.0194. The van der Waals surface area contributed by atoms with Gasteiger partial charge in [-0.3, -0.25) is 9.69 Å². The van der Waals surface area contributed by atoms with E-state index in [9.17, 15) is 4.79 Å². The molecule has 1 N–H and O–H groups in total. The van der Waals surface area contributed by atoms with E-state index >= 15 is 0 Å². The van der Waals surface area contributed by atoms with Gasteiger partial charge in [-0.05, 0) is 70.0 Å². The molecule has 1 fully saturated rings. The van der Waals surface area contributed by atoms with Gasteiger partial charge in [0.05, 0.1) is 29.3 Å². The van der Waals surface area contributed by atoms with Gasteiger partial charge < -0.3 is 14.8 Å². The fourth-order valence-corrected chi connectivity index (χ4v) is 4.78. The molecule has 0 radical (unpaired) electrons. The lowest BCUT2D eigenvalue weighted by Crippen LogP contribution is -2.33. The Labute approximate surface area is 194 Å². The van der Waals surface area contributed by atoms with Crippen LogP contribution in [0, 0.1) is 20.8 Å². The molecule has 3 aromatic rings. The number of benzene rings is 2. The summed E-state index contributed by atoms with van der Waals surface area (Å²) in [7, 11) is 0. The largest absolute Gasteiger partial charge is 0.486 e. The molecule has 172 valence electrons. The first kappa shape index (κ1) is 21.5. The highest BCUT2D eigenvalue weighted by Gasteiger charge is 2.29. The van der Waals surface area contributed by atoms with Crippen molar-refractivity contribution in [2.24, 2.45) is 0 Å². The first-order valence-corrected chi connectivity index (χ1v) is 11.6. The highest BCUT2D eigenvalue weighted by atomic mass is 16.6. The van der Waals surface area contributed by atoms with Gasteiger partial charge in [0.25, 0.3) is 0 Å². The molecule has 1 aromatic heterocycles. The Kier molecular flexibility index (Phi) is 5.81. The van der Waals surface area contributed by atoms with Crippen LogP contribution in [0.1, 0.15) is 41.4 Å². The number of nitrogens with zero attached hydrogens (tertiary/aromatic N) is 3. The van der Waals surface area contributed by atoms with Gasteiger partial charge in [0.2, 0.25) is 5.91 Å². The lowest BCUT2D eigenvalue weighted by molar-refractivity contribution is -0.117. The predicted molar refractivity (Wildman–Crippen MR) is 127 cm³/mol. The summed E-state index contributed by atoms with van der Waals surface area (Å²) in [5, 5.41) is 7.78.